The highest BCUT2D eigenvalue weighted by Crippen LogP contribution is 2.41. The summed E-state index contributed by atoms with van der Waals surface area (Å²) in [5.74, 6) is 0.761. The summed E-state index contributed by atoms with van der Waals surface area (Å²) < 4.78 is 6.01. The second-order valence-corrected chi connectivity index (χ2v) is 6.48. The summed E-state index contributed by atoms with van der Waals surface area (Å²) in [7, 11) is 0. The highest BCUT2D eigenvalue weighted by atomic mass is 16.3. The van der Waals surface area contributed by atoms with Crippen LogP contribution in [0, 0.1) is 0 Å². The van der Waals surface area contributed by atoms with Crippen molar-refractivity contribution in [2.24, 2.45) is 0 Å². The van der Waals surface area contributed by atoms with E-state index in [0.717, 1.165) is 39.6 Å². The summed E-state index contributed by atoms with van der Waals surface area (Å²) in [6, 6.07) is 17.3. The molecule has 0 spiro atoms. The summed E-state index contributed by atoms with van der Waals surface area (Å²) in [6.07, 6.45) is 1.41. The van der Waals surface area contributed by atoms with Gasteiger partial charge in [-0.25, -0.2) is 0 Å². The van der Waals surface area contributed by atoms with E-state index >= 15 is 0 Å². The Kier molecular flexibility index (Phi) is 4.00. The molecule has 0 saturated carbocycles. The van der Waals surface area contributed by atoms with Crippen LogP contribution in [-0.2, 0) is 12.8 Å². The van der Waals surface area contributed by atoms with Crippen molar-refractivity contribution < 1.29 is 9.52 Å². The van der Waals surface area contributed by atoms with E-state index in [2.05, 4.69) is 12.1 Å². The van der Waals surface area contributed by atoms with Gasteiger partial charge in [0.2, 0.25) is 0 Å². The minimum Gasteiger partial charge on any atom is -0.508 e. The molecule has 0 atom stereocenters. The van der Waals surface area contributed by atoms with Gasteiger partial charge >= 0.3 is 0 Å². The van der Waals surface area contributed by atoms with Gasteiger partial charge in [0, 0.05) is 34.2 Å². The summed E-state index contributed by atoms with van der Waals surface area (Å²) in [5.41, 5.74) is 5.23. The number of aryl methyl sites for hydroxylation is 2. The van der Waals surface area contributed by atoms with Crippen molar-refractivity contribution in [3.63, 3.8) is 0 Å². The molecule has 1 aliphatic carbocycles. The molecule has 0 saturated heterocycles. The first kappa shape index (κ1) is 16.4. The second-order valence-electron chi connectivity index (χ2n) is 6.48. The summed E-state index contributed by atoms with van der Waals surface area (Å²) >= 11 is 0. The van der Waals surface area contributed by atoms with Gasteiger partial charge in [-0.05, 0) is 36.1 Å². The number of rotatable bonds is 3. The van der Waals surface area contributed by atoms with Gasteiger partial charge in [-0.15, -0.1) is 0 Å². The Bertz CT molecular complexity index is 1120. The highest BCUT2D eigenvalue weighted by Gasteiger charge is 2.20. The largest absolute Gasteiger partial charge is 0.508 e. The molecule has 4 rings (SSSR count). The SMILES string of the molecule is CCc1cc2c(-c3ccccc3)c3cc(CC)c(=O)cc-3oc2cc1O. The zero-order chi connectivity index (χ0) is 18.3. The maximum atomic E-state index is 12.3. The van der Waals surface area contributed by atoms with E-state index in [-0.39, 0.29) is 11.2 Å². The fourth-order valence-corrected chi connectivity index (χ4v) is 3.52. The second kappa shape index (κ2) is 6.34. The van der Waals surface area contributed by atoms with Crippen LogP contribution in [0.5, 0.6) is 5.75 Å². The van der Waals surface area contributed by atoms with Crippen LogP contribution in [0.15, 0.2) is 63.8 Å². The fraction of sp³-hybridized carbons (Fsp3) is 0.174. The first-order valence-electron chi connectivity index (χ1n) is 8.93. The maximum absolute atomic E-state index is 12.3. The van der Waals surface area contributed by atoms with E-state index < -0.39 is 0 Å². The van der Waals surface area contributed by atoms with Gasteiger partial charge in [0.05, 0.1) is 0 Å². The Morgan fingerprint density at radius 1 is 0.923 bits per heavy atom. The molecule has 0 radical (unpaired) electrons. The van der Waals surface area contributed by atoms with Crippen LogP contribution >= 0.6 is 0 Å². The van der Waals surface area contributed by atoms with Crippen LogP contribution < -0.4 is 5.43 Å². The molecule has 0 aromatic heterocycles. The average Bonchev–Trinajstić information content (AvgIpc) is 2.66. The lowest BCUT2D eigenvalue weighted by Gasteiger charge is -2.17. The minimum atomic E-state index is -0.0171. The predicted octanol–water partition coefficient (Wildman–Crippen LogP) is 5.40. The van der Waals surface area contributed by atoms with E-state index in [0.29, 0.717) is 17.8 Å². The van der Waals surface area contributed by atoms with Crippen LogP contribution in [-0.4, -0.2) is 5.11 Å². The van der Waals surface area contributed by atoms with Crippen molar-refractivity contribution in [3.8, 4) is 28.2 Å². The molecule has 0 unspecified atom stereocenters. The number of benzene rings is 3. The van der Waals surface area contributed by atoms with Gasteiger partial charge in [-0.2, -0.15) is 0 Å². The number of phenolic OH excluding ortho intramolecular Hbond substituents is 1. The first-order valence-corrected chi connectivity index (χ1v) is 8.93. The molecule has 3 heteroatoms. The Morgan fingerprint density at radius 3 is 2.35 bits per heavy atom. The third-order valence-electron chi connectivity index (χ3n) is 4.93. The standard InChI is InChI=1S/C23H20O3/c1-3-14-10-17-21(12-19(14)24)26-22-13-20(25)15(4-2)11-18(22)23(17)16-8-6-5-7-9-16/h5-13,24H,3-4H2,1-2H3. The van der Waals surface area contributed by atoms with Gasteiger partial charge in [0.15, 0.2) is 5.43 Å². The fourth-order valence-electron chi connectivity index (χ4n) is 3.52. The van der Waals surface area contributed by atoms with Crippen molar-refractivity contribution in [1.29, 1.82) is 0 Å². The molecule has 1 heterocycles. The molecule has 0 amide bonds. The van der Waals surface area contributed by atoms with Gasteiger partial charge in [0.1, 0.15) is 17.1 Å². The van der Waals surface area contributed by atoms with Gasteiger partial charge in [-0.3, -0.25) is 4.79 Å². The van der Waals surface area contributed by atoms with Crippen LogP contribution in [0.1, 0.15) is 25.0 Å². The van der Waals surface area contributed by atoms with Crippen LogP contribution in [0.4, 0.5) is 0 Å². The lowest BCUT2D eigenvalue weighted by molar-refractivity contribution is 0.468. The number of phenols is 1. The Morgan fingerprint density at radius 2 is 1.65 bits per heavy atom. The van der Waals surface area contributed by atoms with Gasteiger partial charge < -0.3 is 9.52 Å². The van der Waals surface area contributed by atoms with Crippen LogP contribution in [0.3, 0.4) is 0 Å². The third-order valence-corrected chi connectivity index (χ3v) is 4.93. The van der Waals surface area contributed by atoms with E-state index in [1.807, 2.05) is 44.2 Å². The maximum Gasteiger partial charge on any atom is 0.185 e. The Balaban J connectivity index is 2.21. The summed E-state index contributed by atoms with van der Waals surface area (Å²) in [5, 5.41) is 11.2. The monoisotopic (exact) mass is 344 g/mol. The van der Waals surface area contributed by atoms with E-state index in [4.69, 9.17) is 4.42 Å². The zero-order valence-electron chi connectivity index (χ0n) is 14.9. The highest BCUT2D eigenvalue weighted by molar-refractivity contribution is 6.02. The van der Waals surface area contributed by atoms with E-state index in [9.17, 15) is 9.90 Å². The number of hydrogen-bond donors (Lipinski definition) is 1. The van der Waals surface area contributed by atoms with Crippen LogP contribution in [0.2, 0.25) is 0 Å². The Hall–Kier alpha value is -3.07. The van der Waals surface area contributed by atoms with Crippen molar-refractivity contribution in [3.05, 3.63) is 75.9 Å². The smallest absolute Gasteiger partial charge is 0.185 e. The lowest BCUT2D eigenvalue weighted by Crippen LogP contribution is -2.08. The van der Waals surface area contributed by atoms with Crippen LogP contribution in [0.25, 0.3) is 33.4 Å². The molecule has 2 aliphatic rings. The average molecular weight is 344 g/mol. The lowest BCUT2D eigenvalue weighted by atomic mass is 9.91. The van der Waals surface area contributed by atoms with E-state index in [1.165, 1.54) is 0 Å². The predicted molar refractivity (Wildman–Crippen MR) is 105 cm³/mol. The molecule has 3 nitrogen and oxygen atoms in total. The van der Waals surface area contributed by atoms with E-state index in [1.54, 1.807) is 12.1 Å². The molecule has 2 aromatic rings. The van der Waals surface area contributed by atoms with Gasteiger partial charge in [-0.1, -0.05) is 44.2 Å². The van der Waals surface area contributed by atoms with Crippen molar-refractivity contribution in [1.82, 2.24) is 0 Å². The minimum absolute atomic E-state index is 0.0171. The molecule has 0 fully saturated rings. The molecule has 2 aromatic carbocycles. The number of aromatic hydroxyl groups is 1. The van der Waals surface area contributed by atoms with Gasteiger partial charge in [0.25, 0.3) is 0 Å². The molecule has 0 bridgehead atoms. The zero-order valence-corrected chi connectivity index (χ0v) is 14.9. The quantitative estimate of drug-likeness (QED) is 0.507. The normalized spacial score (nSPS) is 11.3. The number of fused-ring (bicyclic) bond motifs is 2. The topological polar surface area (TPSA) is 50.4 Å². The molecule has 1 N–H and O–H groups in total. The first-order chi connectivity index (χ1) is 12.6. The van der Waals surface area contributed by atoms with Crippen molar-refractivity contribution in [2.75, 3.05) is 0 Å². The van der Waals surface area contributed by atoms with Crippen molar-refractivity contribution >= 4 is 11.0 Å². The number of hydrogen-bond acceptors (Lipinski definition) is 3. The Labute approximate surface area is 151 Å². The third kappa shape index (κ3) is 2.57. The van der Waals surface area contributed by atoms with Crippen molar-refractivity contribution in [2.45, 2.75) is 26.7 Å². The molecule has 1 aliphatic heterocycles. The molecule has 130 valence electrons. The molecular formula is C23H20O3. The molecular weight excluding hydrogens is 324 g/mol. The summed E-state index contributed by atoms with van der Waals surface area (Å²) in [4.78, 5) is 12.3. The summed E-state index contributed by atoms with van der Waals surface area (Å²) in [6.45, 7) is 4.00. The molecule has 26 heavy (non-hydrogen) atoms.